The number of thiophene rings is 1. The molecule has 0 atom stereocenters. The fourth-order valence-electron chi connectivity index (χ4n) is 3.96. The molecule has 148 valence electrons. The highest BCUT2D eigenvalue weighted by Crippen LogP contribution is 2.34. The molecule has 1 fully saturated rings. The van der Waals surface area contributed by atoms with Gasteiger partial charge in [-0.05, 0) is 48.4 Å². The van der Waals surface area contributed by atoms with Crippen molar-refractivity contribution < 1.29 is 18.3 Å². The lowest BCUT2D eigenvalue weighted by Crippen LogP contribution is -2.28. The van der Waals surface area contributed by atoms with E-state index in [1.165, 1.54) is 0 Å². The highest BCUT2D eigenvalue weighted by molar-refractivity contribution is 7.89. The Bertz CT molecular complexity index is 1140. The Morgan fingerprint density at radius 1 is 1.18 bits per heavy atom. The number of fused-ring (bicyclic) bond motifs is 1. The van der Waals surface area contributed by atoms with Crippen LogP contribution in [0.5, 0.6) is 0 Å². The van der Waals surface area contributed by atoms with Gasteiger partial charge in [-0.2, -0.15) is 4.31 Å². The molecule has 1 aliphatic heterocycles. The molecule has 0 saturated carbocycles. The molecule has 0 unspecified atom stereocenters. The number of nitrogens with zero attached hydrogens (tertiary/aromatic N) is 2. The third kappa shape index (κ3) is 3.25. The molecule has 2 aromatic heterocycles. The number of sulfonamides is 1. The van der Waals surface area contributed by atoms with Gasteiger partial charge in [-0.15, -0.1) is 11.3 Å². The normalized spacial score (nSPS) is 15.5. The first kappa shape index (κ1) is 19.2. The van der Waals surface area contributed by atoms with E-state index in [0.717, 1.165) is 39.9 Å². The fourth-order valence-corrected chi connectivity index (χ4v) is 6.69. The van der Waals surface area contributed by atoms with Crippen molar-refractivity contribution in [1.82, 2.24) is 8.87 Å². The third-order valence-electron chi connectivity index (χ3n) is 5.37. The van der Waals surface area contributed by atoms with Gasteiger partial charge in [0.15, 0.2) is 0 Å². The van der Waals surface area contributed by atoms with Gasteiger partial charge in [-0.3, -0.25) is 4.79 Å². The van der Waals surface area contributed by atoms with Crippen LogP contribution in [0.4, 0.5) is 0 Å². The maximum absolute atomic E-state index is 13.1. The molecule has 0 spiro atoms. The number of hydrogen-bond donors (Lipinski definition) is 1. The summed E-state index contributed by atoms with van der Waals surface area (Å²) in [6.07, 6.45) is 2.25. The largest absolute Gasteiger partial charge is 0.480 e. The zero-order chi connectivity index (χ0) is 19.9. The number of carboxylic acid groups (broad SMARTS) is 1. The first-order chi connectivity index (χ1) is 13.4. The second-order valence-corrected chi connectivity index (χ2v) is 9.90. The predicted molar refractivity (Wildman–Crippen MR) is 109 cm³/mol. The van der Waals surface area contributed by atoms with E-state index in [1.54, 1.807) is 32.3 Å². The first-order valence-electron chi connectivity index (χ1n) is 9.24. The van der Waals surface area contributed by atoms with Crippen molar-refractivity contribution >= 4 is 37.5 Å². The molecule has 3 aromatic rings. The quantitative estimate of drug-likeness (QED) is 0.665. The van der Waals surface area contributed by atoms with Gasteiger partial charge in [-0.25, -0.2) is 8.42 Å². The number of carboxylic acids is 1. The monoisotopic (exact) mass is 418 g/mol. The van der Waals surface area contributed by atoms with E-state index in [4.69, 9.17) is 0 Å². The minimum absolute atomic E-state index is 0.104. The van der Waals surface area contributed by atoms with Crippen molar-refractivity contribution in [3.05, 3.63) is 52.5 Å². The molecule has 0 amide bonds. The maximum atomic E-state index is 13.1. The van der Waals surface area contributed by atoms with E-state index in [1.807, 2.05) is 30.5 Å². The van der Waals surface area contributed by atoms with Crippen LogP contribution in [0.1, 0.15) is 29.7 Å². The van der Waals surface area contributed by atoms with E-state index in [2.05, 4.69) is 0 Å². The highest BCUT2D eigenvalue weighted by Gasteiger charge is 2.29. The third-order valence-corrected chi connectivity index (χ3v) is 8.33. The van der Waals surface area contributed by atoms with Crippen LogP contribution in [0.3, 0.4) is 0 Å². The molecule has 0 radical (unpaired) electrons. The molecule has 0 aliphatic carbocycles. The van der Waals surface area contributed by atoms with Crippen molar-refractivity contribution in [2.75, 3.05) is 13.1 Å². The molecule has 28 heavy (non-hydrogen) atoms. The highest BCUT2D eigenvalue weighted by atomic mass is 32.2. The average molecular weight is 419 g/mol. The molecule has 1 aliphatic rings. The lowest BCUT2D eigenvalue weighted by molar-refractivity contribution is -0.137. The predicted octanol–water partition coefficient (Wildman–Crippen LogP) is 3.47. The van der Waals surface area contributed by atoms with E-state index >= 15 is 0 Å². The van der Waals surface area contributed by atoms with Crippen molar-refractivity contribution in [2.45, 2.75) is 37.6 Å². The van der Waals surface area contributed by atoms with Crippen LogP contribution in [-0.4, -0.2) is 41.5 Å². The second-order valence-electron chi connectivity index (χ2n) is 7.07. The van der Waals surface area contributed by atoms with Crippen LogP contribution in [0, 0.1) is 6.92 Å². The van der Waals surface area contributed by atoms with Gasteiger partial charge in [0, 0.05) is 25.2 Å². The average Bonchev–Trinajstić information content (AvgIpc) is 3.38. The second kappa shape index (κ2) is 7.35. The van der Waals surface area contributed by atoms with Crippen LogP contribution in [-0.2, 0) is 27.8 Å². The molecule has 1 saturated heterocycles. The Morgan fingerprint density at radius 2 is 1.89 bits per heavy atom. The number of aromatic nitrogens is 1. The van der Waals surface area contributed by atoms with E-state index < -0.39 is 16.0 Å². The van der Waals surface area contributed by atoms with Crippen LogP contribution in [0.25, 0.3) is 10.2 Å². The number of rotatable bonds is 6. The van der Waals surface area contributed by atoms with E-state index in [9.17, 15) is 18.3 Å². The first-order valence-corrected chi connectivity index (χ1v) is 11.6. The molecule has 6 nitrogen and oxygen atoms in total. The van der Waals surface area contributed by atoms with Gasteiger partial charge in [0.2, 0.25) is 10.0 Å². The van der Waals surface area contributed by atoms with Gasteiger partial charge in [0.25, 0.3) is 0 Å². The summed E-state index contributed by atoms with van der Waals surface area (Å²) in [7, 11) is -3.52. The van der Waals surface area contributed by atoms with E-state index in [-0.39, 0.29) is 6.54 Å². The molecule has 8 heteroatoms. The van der Waals surface area contributed by atoms with Gasteiger partial charge < -0.3 is 9.67 Å². The minimum atomic E-state index is -3.52. The molecule has 0 bridgehead atoms. The van der Waals surface area contributed by atoms with Gasteiger partial charge in [0.05, 0.1) is 15.1 Å². The summed E-state index contributed by atoms with van der Waals surface area (Å²) < 4.78 is 30.7. The topological polar surface area (TPSA) is 79.6 Å². The van der Waals surface area contributed by atoms with Crippen molar-refractivity contribution in [2.24, 2.45) is 0 Å². The molecule has 3 heterocycles. The lowest BCUT2D eigenvalue weighted by atomic mass is 10.1. The van der Waals surface area contributed by atoms with Gasteiger partial charge in [0.1, 0.15) is 6.54 Å². The van der Waals surface area contributed by atoms with Crippen molar-refractivity contribution in [3.63, 3.8) is 0 Å². The Kier molecular flexibility index (Phi) is 5.03. The van der Waals surface area contributed by atoms with Crippen LogP contribution in [0.15, 0.2) is 40.6 Å². The molecular formula is C20H22N2O4S2. The number of benzene rings is 1. The smallest absolute Gasteiger partial charge is 0.323 e. The zero-order valence-corrected chi connectivity index (χ0v) is 17.2. The van der Waals surface area contributed by atoms with Crippen LogP contribution < -0.4 is 0 Å². The maximum Gasteiger partial charge on any atom is 0.323 e. The zero-order valence-electron chi connectivity index (χ0n) is 15.6. The summed E-state index contributed by atoms with van der Waals surface area (Å²) in [5, 5.41) is 11.2. The van der Waals surface area contributed by atoms with Crippen LogP contribution in [0.2, 0.25) is 0 Å². The summed E-state index contributed by atoms with van der Waals surface area (Å²) in [6, 6.07) is 9.07. The minimum Gasteiger partial charge on any atom is -0.480 e. The van der Waals surface area contributed by atoms with Gasteiger partial charge >= 0.3 is 5.97 Å². The number of hydrogen-bond acceptors (Lipinski definition) is 4. The summed E-state index contributed by atoms with van der Waals surface area (Å²) in [5.74, 6) is -0.894. The Morgan fingerprint density at radius 3 is 2.61 bits per heavy atom. The summed E-state index contributed by atoms with van der Waals surface area (Å²) in [6.45, 7) is 2.94. The standard InChI is InChI=1S/C20H22N2O4S2/c1-14-16(20-17(8-11-27-20)22(14)13-19(23)24)12-15-6-2-3-7-18(15)28(25,26)21-9-4-5-10-21/h2-3,6-8,11H,4-5,9-10,12-13H2,1H3,(H,23,24). The summed E-state index contributed by atoms with van der Waals surface area (Å²) >= 11 is 1.56. The number of aliphatic carboxylic acids is 1. The molecule has 1 N–H and O–H groups in total. The van der Waals surface area contributed by atoms with Crippen molar-refractivity contribution in [1.29, 1.82) is 0 Å². The van der Waals surface area contributed by atoms with Crippen molar-refractivity contribution in [3.8, 4) is 0 Å². The Hall–Kier alpha value is -2.16. The lowest BCUT2D eigenvalue weighted by Gasteiger charge is -2.18. The van der Waals surface area contributed by atoms with E-state index in [0.29, 0.717) is 24.4 Å². The molecule has 4 rings (SSSR count). The van der Waals surface area contributed by atoms with Crippen LogP contribution >= 0.6 is 11.3 Å². The summed E-state index contributed by atoms with van der Waals surface area (Å²) in [5.41, 5.74) is 3.51. The molecular weight excluding hydrogens is 396 g/mol. The summed E-state index contributed by atoms with van der Waals surface area (Å²) in [4.78, 5) is 11.6. The Balaban J connectivity index is 1.78. The number of carbonyl (C=O) groups is 1. The van der Waals surface area contributed by atoms with Gasteiger partial charge in [-0.1, -0.05) is 18.2 Å². The molecule has 1 aromatic carbocycles. The fraction of sp³-hybridized carbons (Fsp3) is 0.350. The Labute approximate surface area is 168 Å². The SMILES string of the molecule is Cc1c(Cc2ccccc2S(=O)(=O)N2CCCC2)c2sccc2n1CC(=O)O.